The van der Waals surface area contributed by atoms with Crippen LogP contribution in [0.1, 0.15) is 5.56 Å². The van der Waals surface area contributed by atoms with Gasteiger partial charge in [0.15, 0.2) is 17.4 Å². The molecule has 2 aromatic rings. The van der Waals surface area contributed by atoms with Gasteiger partial charge in [-0.2, -0.15) is 0 Å². The van der Waals surface area contributed by atoms with E-state index in [4.69, 9.17) is 16.3 Å². The van der Waals surface area contributed by atoms with Crippen LogP contribution in [0.25, 0.3) is 0 Å². The Morgan fingerprint density at radius 3 is 2.75 bits per heavy atom. The molecule has 0 aromatic heterocycles. The van der Waals surface area contributed by atoms with Gasteiger partial charge in [0.05, 0.1) is 17.3 Å². The van der Waals surface area contributed by atoms with Gasteiger partial charge in [0, 0.05) is 17.1 Å². The second kappa shape index (κ2) is 6.41. The summed E-state index contributed by atoms with van der Waals surface area (Å²) in [6.45, 7) is 0.118. The summed E-state index contributed by atoms with van der Waals surface area (Å²) in [6, 6.07) is 7.39. The standard InChI is InChI=1S/C14H11BrClF2NO/c1-20-14-10(15)5-9(16)6-12(14)19-7-8-3-2-4-11(17)13(8)18/h2-6,19H,7H2,1H3. The fraction of sp³-hybridized carbons (Fsp3) is 0.143. The monoisotopic (exact) mass is 361 g/mol. The lowest BCUT2D eigenvalue weighted by Gasteiger charge is -2.13. The van der Waals surface area contributed by atoms with Gasteiger partial charge in [0.2, 0.25) is 0 Å². The summed E-state index contributed by atoms with van der Waals surface area (Å²) in [5.74, 6) is -1.19. The fourth-order valence-corrected chi connectivity index (χ4v) is 2.75. The summed E-state index contributed by atoms with van der Waals surface area (Å²) < 4.78 is 32.6. The largest absolute Gasteiger partial charge is 0.493 e. The highest BCUT2D eigenvalue weighted by Gasteiger charge is 2.11. The highest BCUT2D eigenvalue weighted by Crippen LogP contribution is 2.36. The molecule has 0 bridgehead atoms. The van der Waals surface area contributed by atoms with Crippen LogP contribution in [0.3, 0.4) is 0 Å². The number of hydrogen-bond acceptors (Lipinski definition) is 2. The molecular formula is C14H11BrClF2NO. The Labute approximate surface area is 128 Å². The molecule has 0 aliphatic heterocycles. The second-order valence-corrected chi connectivity index (χ2v) is 5.33. The Balaban J connectivity index is 2.25. The summed E-state index contributed by atoms with van der Waals surface area (Å²) in [6.07, 6.45) is 0. The predicted octanol–water partition coefficient (Wildman–Crippen LogP) is 5.00. The van der Waals surface area contributed by atoms with Crippen molar-refractivity contribution in [1.29, 1.82) is 0 Å². The van der Waals surface area contributed by atoms with Gasteiger partial charge in [-0.25, -0.2) is 8.78 Å². The van der Waals surface area contributed by atoms with E-state index < -0.39 is 11.6 Å². The van der Waals surface area contributed by atoms with Crippen molar-refractivity contribution in [3.05, 3.63) is 57.0 Å². The van der Waals surface area contributed by atoms with E-state index in [1.807, 2.05) is 0 Å². The van der Waals surface area contributed by atoms with Crippen molar-refractivity contribution in [3.63, 3.8) is 0 Å². The van der Waals surface area contributed by atoms with Crippen LogP contribution in [-0.2, 0) is 6.54 Å². The zero-order chi connectivity index (χ0) is 14.7. The molecule has 0 amide bonds. The lowest BCUT2D eigenvalue weighted by molar-refractivity contribution is 0.413. The van der Waals surface area contributed by atoms with E-state index in [0.717, 1.165) is 6.07 Å². The van der Waals surface area contributed by atoms with Crippen molar-refractivity contribution in [2.75, 3.05) is 12.4 Å². The highest BCUT2D eigenvalue weighted by molar-refractivity contribution is 9.10. The summed E-state index contributed by atoms with van der Waals surface area (Å²) in [7, 11) is 1.52. The first kappa shape index (κ1) is 15.1. The number of nitrogens with one attached hydrogen (secondary N) is 1. The fourth-order valence-electron chi connectivity index (χ4n) is 1.77. The zero-order valence-electron chi connectivity index (χ0n) is 10.5. The molecule has 1 N–H and O–H groups in total. The van der Waals surface area contributed by atoms with Crippen LogP contribution in [0.4, 0.5) is 14.5 Å². The molecule has 2 nitrogen and oxygen atoms in total. The van der Waals surface area contributed by atoms with Crippen LogP contribution in [0, 0.1) is 11.6 Å². The normalized spacial score (nSPS) is 10.4. The van der Waals surface area contributed by atoms with Crippen LogP contribution in [0.5, 0.6) is 5.75 Å². The summed E-state index contributed by atoms with van der Waals surface area (Å²) in [4.78, 5) is 0. The molecule has 0 fully saturated rings. The van der Waals surface area contributed by atoms with Crippen molar-refractivity contribution in [2.24, 2.45) is 0 Å². The molecule has 2 rings (SSSR count). The van der Waals surface area contributed by atoms with Gasteiger partial charge in [-0.15, -0.1) is 0 Å². The molecule has 2 aromatic carbocycles. The number of benzene rings is 2. The minimum atomic E-state index is -0.872. The molecule has 0 spiro atoms. The van der Waals surface area contributed by atoms with Crippen molar-refractivity contribution in [1.82, 2.24) is 0 Å². The van der Waals surface area contributed by atoms with Crippen LogP contribution in [0.15, 0.2) is 34.8 Å². The second-order valence-electron chi connectivity index (χ2n) is 4.03. The van der Waals surface area contributed by atoms with E-state index in [0.29, 0.717) is 20.9 Å². The summed E-state index contributed by atoms with van der Waals surface area (Å²) in [5.41, 5.74) is 0.818. The molecule has 0 atom stereocenters. The molecular weight excluding hydrogens is 352 g/mol. The Bertz CT molecular complexity index is 637. The first-order valence-corrected chi connectivity index (χ1v) is 6.90. The molecule has 0 heterocycles. The number of methoxy groups -OCH3 is 1. The van der Waals surface area contributed by atoms with Crippen LogP contribution < -0.4 is 10.1 Å². The van der Waals surface area contributed by atoms with E-state index in [2.05, 4.69) is 21.2 Å². The first-order valence-electron chi connectivity index (χ1n) is 5.72. The average molecular weight is 363 g/mol. The molecule has 0 saturated heterocycles. The van der Waals surface area contributed by atoms with Gasteiger partial charge < -0.3 is 10.1 Å². The molecule has 0 saturated carbocycles. The van der Waals surface area contributed by atoms with Gasteiger partial charge in [-0.1, -0.05) is 23.7 Å². The number of ether oxygens (including phenoxy) is 1. The van der Waals surface area contributed by atoms with Gasteiger partial charge in [0.1, 0.15) is 0 Å². The van der Waals surface area contributed by atoms with Crippen molar-refractivity contribution in [2.45, 2.75) is 6.54 Å². The Morgan fingerprint density at radius 1 is 1.30 bits per heavy atom. The third-order valence-electron chi connectivity index (χ3n) is 2.71. The van der Waals surface area contributed by atoms with E-state index in [1.165, 1.54) is 19.2 Å². The minimum absolute atomic E-state index is 0.118. The SMILES string of the molecule is COc1c(Br)cc(Cl)cc1NCc1cccc(F)c1F. The van der Waals surface area contributed by atoms with E-state index in [9.17, 15) is 8.78 Å². The highest BCUT2D eigenvalue weighted by atomic mass is 79.9. The van der Waals surface area contributed by atoms with Gasteiger partial charge in [-0.3, -0.25) is 0 Å². The number of hydrogen-bond donors (Lipinski definition) is 1. The van der Waals surface area contributed by atoms with Crippen molar-refractivity contribution >= 4 is 33.2 Å². The zero-order valence-corrected chi connectivity index (χ0v) is 12.9. The summed E-state index contributed by atoms with van der Waals surface area (Å²) >= 11 is 9.28. The predicted molar refractivity (Wildman–Crippen MR) is 79.4 cm³/mol. The Morgan fingerprint density at radius 2 is 2.05 bits per heavy atom. The van der Waals surface area contributed by atoms with Gasteiger partial charge >= 0.3 is 0 Å². The van der Waals surface area contributed by atoms with E-state index >= 15 is 0 Å². The number of anilines is 1. The molecule has 106 valence electrons. The molecule has 0 radical (unpaired) electrons. The Hall–Kier alpha value is -1.33. The van der Waals surface area contributed by atoms with Crippen LogP contribution >= 0.6 is 27.5 Å². The van der Waals surface area contributed by atoms with Crippen LogP contribution in [-0.4, -0.2) is 7.11 Å². The van der Waals surface area contributed by atoms with E-state index in [-0.39, 0.29) is 12.1 Å². The number of halogens is 4. The maximum absolute atomic E-state index is 13.6. The first-order chi connectivity index (χ1) is 9.52. The Kier molecular flexibility index (Phi) is 4.83. The number of rotatable bonds is 4. The lowest BCUT2D eigenvalue weighted by Crippen LogP contribution is -2.04. The third kappa shape index (κ3) is 3.22. The molecule has 0 unspecified atom stereocenters. The lowest BCUT2D eigenvalue weighted by atomic mass is 10.2. The molecule has 6 heteroatoms. The van der Waals surface area contributed by atoms with Gasteiger partial charge in [-0.05, 0) is 34.1 Å². The maximum Gasteiger partial charge on any atom is 0.163 e. The summed E-state index contributed by atoms with van der Waals surface area (Å²) in [5, 5.41) is 3.48. The van der Waals surface area contributed by atoms with Crippen molar-refractivity contribution in [3.8, 4) is 5.75 Å². The molecule has 0 aliphatic carbocycles. The van der Waals surface area contributed by atoms with E-state index in [1.54, 1.807) is 12.1 Å². The molecule has 20 heavy (non-hydrogen) atoms. The topological polar surface area (TPSA) is 21.3 Å². The smallest absolute Gasteiger partial charge is 0.163 e. The third-order valence-corrected chi connectivity index (χ3v) is 3.52. The van der Waals surface area contributed by atoms with Crippen molar-refractivity contribution < 1.29 is 13.5 Å². The quantitative estimate of drug-likeness (QED) is 0.826. The van der Waals surface area contributed by atoms with Crippen LogP contribution in [0.2, 0.25) is 5.02 Å². The maximum atomic E-state index is 13.6. The van der Waals surface area contributed by atoms with Gasteiger partial charge in [0.25, 0.3) is 0 Å². The average Bonchev–Trinajstić information content (AvgIpc) is 2.40. The minimum Gasteiger partial charge on any atom is -0.493 e. The molecule has 0 aliphatic rings.